The second-order valence-electron chi connectivity index (χ2n) is 6.09. The van der Waals surface area contributed by atoms with E-state index in [2.05, 4.69) is 63.7 Å². The van der Waals surface area contributed by atoms with E-state index in [-0.39, 0.29) is 0 Å². The molecule has 1 N–H and O–H groups in total. The van der Waals surface area contributed by atoms with E-state index in [0.29, 0.717) is 17.7 Å². The first-order valence-electron chi connectivity index (χ1n) is 8.23. The summed E-state index contributed by atoms with van der Waals surface area (Å²) in [6.45, 7) is 10.4. The Morgan fingerprint density at radius 3 is 3.13 bits per heavy atom. The maximum Gasteiger partial charge on any atom is 0.194 e. The van der Waals surface area contributed by atoms with E-state index in [9.17, 15) is 0 Å². The highest BCUT2D eigenvalue weighted by molar-refractivity contribution is 8.00. The highest BCUT2D eigenvalue weighted by Gasteiger charge is 2.24. The normalized spacial score (nSPS) is 19.7. The summed E-state index contributed by atoms with van der Waals surface area (Å²) in [6, 6.07) is 0. The standard InChI is InChI=1S/C16H25N5S2/c1-4-17-15(20-5-7-22-14(11-20)12(2)3)18-9-13-10-21-6-8-23-16(21)19-13/h6,8,10,12,14H,4-5,7,9,11H2,1-3H3,(H,17,18). The number of fused-ring (bicyclic) bond motifs is 1. The number of aliphatic imine (C=N–C) groups is 1. The van der Waals surface area contributed by atoms with Gasteiger partial charge < -0.3 is 10.2 Å². The van der Waals surface area contributed by atoms with Crippen molar-refractivity contribution < 1.29 is 0 Å². The summed E-state index contributed by atoms with van der Waals surface area (Å²) in [7, 11) is 0. The number of thiazole rings is 1. The number of aromatic nitrogens is 2. The Morgan fingerprint density at radius 2 is 2.39 bits per heavy atom. The first-order valence-corrected chi connectivity index (χ1v) is 10.2. The molecule has 2 aromatic rings. The van der Waals surface area contributed by atoms with Crippen LogP contribution in [0.5, 0.6) is 0 Å². The van der Waals surface area contributed by atoms with Crippen LogP contribution in [0.2, 0.25) is 0 Å². The molecule has 0 bridgehead atoms. The van der Waals surface area contributed by atoms with Gasteiger partial charge in [-0.05, 0) is 12.8 Å². The Balaban J connectivity index is 1.70. The van der Waals surface area contributed by atoms with E-state index >= 15 is 0 Å². The lowest BCUT2D eigenvalue weighted by Crippen LogP contribution is -2.49. The van der Waals surface area contributed by atoms with Crippen molar-refractivity contribution in [3.05, 3.63) is 23.5 Å². The van der Waals surface area contributed by atoms with Crippen molar-refractivity contribution in [2.24, 2.45) is 10.9 Å². The molecule has 0 amide bonds. The van der Waals surface area contributed by atoms with Crippen molar-refractivity contribution in [3.63, 3.8) is 0 Å². The lowest BCUT2D eigenvalue weighted by Gasteiger charge is -2.36. The summed E-state index contributed by atoms with van der Waals surface area (Å²) < 4.78 is 2.06. The summed E-state index contributed by atoms with van der Waals surface area (Å²) in [5, 5.41) is 6.18. The van der Waals surface area contributed by atoms with Gasteiger partial charge in [-0.25, -0.2) is 9.98 Å². The van der Waals surface area contributed by atoms with Crippen LogP contribution in [-0.2, 0) is 6.54 Å². The molecule has 0 radical (unpaired) electrons. The predicted molar refractivity (Wildman–Crippen MR) is 101 cm³/mol. The highest BCUT2D eigenvalue weighted by atomic mass is 32.2. The maximum atomic E-state index is 4.83. The molecule has 0 spiro atoms. The van der Waals surface area contributed by atoms with Crippen LogP contribution in [0.15, 0.2) is 22.8 Å². The van der Waals surface area contributed by atoms with Crippen molar-refractivity contribution in [2.45, 2.75) is 32.6 Å². The largest absolute Gasteiger partial charge is 0.357 e. The third-order valence-corrected chi connectivity index (χ3v) is 6.32. The van der Waals surface area contributed by atoms with Gasteiger partial charge in [0, 0.05) is 48.4 Å². The minimum atomic E-state index is 0.632. The minimum absolute atomic E-state index is 0.632. The number of guanidine groups is 1. The predicted octanol–water partition coefficient (Wildman–Crippen LogP) is 2.93. The van der Waals surface area contributed by atoms with Crippen LogP contribution in [-0.4, -0.2) is 50.9 Å². The van der Waals surface area contributed by atoms with Gasteiger partial charge in [-0.3, -0.25) is 4.40 Å². The zero-order chi connectivity index (χ0) is 16.2. The molecule has 1 saturated heterocycles. The topological polar surface area (TPSA) is 44.9 Å². The van der Waals surface area contributed by atoms with Crippen molar-refractivity contribution in [3.8, 4) is 0 Å². The molecule has 23 heavy (non-hydrogen) atoms. The van der Waals surface area contributed by atoms with Gasteiger partial charge >= 0.3 is 0 Å². The molecular formula is C16H25N5S2. The van der Waals surface area contributed by atoms with Crippen LogP contribution in [0, 0.1) is 5.92 Å². The third-order valence-electron chi connectivity index (χ3n) is 4.01. The lowest BCUT2D eigenvalue weighted by molar-refractivity contribution is 0.380. The molecule has 3 rings (SSSR count). The van der Waals surface area contributed by atoms with Gasteiger partial charge in [0.25, 0.3) is 0 Å². The van der Waals surface area contributed by atoms with Crippen LogP contribution < -0.4 is 5.32 Å². The summed E-state index contributed by atoms with van der Waals surface area (Å²) in [5.74, 6) is 2.90. The number of nitrogens with one attached hydrogen (secondary N) is 1. The molecule has 0 aromatic carbocycles. The van der Waals surface area contributed by atoms with Crippen molar-refractivity contribution in [1.82, 2.24) is 19.6 Å². The van der Waals surface area contributed by atoms with Crippen LogP contribution in [0.25, 0.3) is 4.96 Å². The van der Waals surface area contributed by atoms with Crippen molar-refractivity contribution in [1.29, 1.82) is 0 Å². The fourth-order valence-corrected chi connectivity index (χ4v) is 4.72. The summed E-state index contributed by atoms with van der Waals surface area (Å²) in [6.07, 6.45) is 4.11. The zero-order valence-corrected chi connectivity index (χ0v) is 15.7. The fourth-order valence-electron chi connectivity index (χ4n) is 2.71. The SMILES string of the molecule is CCNC(=NCc1cn2ccsc2n1)N1CCSC(C(C)C)C1. The van der Waals surface area contributed by atoms with Gasteiger partial charge in [0.15, 0.2) is 10.9 Å². The molecule has 3 heterocycles. The molecule has 5 nitrogen and oxygen atoms in total. The molecule has 126 valence electrons. The quantitative estimate of drug-likeness (QED) is 0.679. The van der Waals surface area contributed by atoms with Gasteiger partial charge in [-0.2, -0.15) is 11.8 Å². The van der Waals surface area contributed by atoms with Crippen molar-refractivity contribution >= 4 is 34.0 Å². The summed E-state index contributed by atoms with van der Waals surface area (Å²) in [4.78, 5) is 12.9. The second kappa shape index (κ2) is 7.57. The van der Waals surface area contributed by atoms with Gasteiger partial charge in [0.2, 0.25) is 0 Å². The Bertz CT molecular complexity index is 632. The van der Waals surface area contributed by atoms with E-state index in [0.717, 1.165) is 36.2 Å². The smallest absolute Gasteiger partial charge is 0.194 e. The zero-order valence-electron chi connectivity index (χ0n) is 14.0. The molecule has 1 atom stereocenters. The number of hydrogen-bond donors (Lipinski definition) is 1. The molecule has 1 unspecified atom stereocenters. The average Bonchev–Trinajstić information content (AvgIpc) is 3.12. The Labute approximate surface area is 146 Å². The number of thioether (sulfide) groups is 1. The van der Waals surface area contributed by atoms with Crippen LogP contribution >= 0.6 is 23.1 Å². The molecule has 7 heteroatoms. The van der Waals surface area contributed by atoms with Crippen LogP contribution in [0.3, 0.4) is 0 Å². The fraction of sp³-hybridized carbons (Fsp3) is 0.625. The van der Waals surface area contributed by atoms with E-state index in [1.807, 2.05) is 6.20 Å². The first kappa shape index (κ1) is 16.6. The monoisotopic (exact) mass is 351 g/mol. The van der Waals surface area contributed by atoms with Crippen molar-refractivity contribution in [2.75, 3.05) is 25.4 Å². The van der Waals surface area contributed by atoms with E-state index in [4.69, 9.17) is 4.99 Å². The first-order chi connectivity index (χ1) is 11.2. The molecule has 1 aliphatic heterocycles. The highest BCUT2D eigenvalue weighted by Crippen LogP contribution is 2.25. The molecular weight excluding hydrogens is 326 g/mol. The van der Waals surface area contributed by atoms with Crippen LogP contribution in [0.4, 0.5) is 0 Å². The van der Waals surface area contributed by atoms with Gasteiger partial charge in [0.1, 0.15) is 0 Å². The van der Waals surface area contributed by atoms with Crippen LogP contribution in [0.1, 0.15) is 26.5 Å². The summed E-state index contributed by atoms with van der Waals surface area (Å²) >= 11 is 3.75. The summed E-state index contributed by atoms with van der Waals surface area (Å²) in [5.41, 5.74) is 1.03. The van der Waals surface area contributed by atoms with Gasteiger partial charge in [0.05, 0.1) is 12.2 Å². The molecule has 1 aliphatic rings. The number of imidazole rings is 1. The van der Waals surface area contributed by atoms with E-state index in [1.54, 1.807) is 11.3 Å². The number of nitrogens with zero attached hydrogens (tertiary/aromatic N) is 4. The number of rotatable bonds is 4. The molecule has 0 aliphatic carbocycles. The molecule has 1 fully saturated rings. The van der Waals surface area contributed by atoms with Gasteiger partial charge in [-0.1, -0.05) is 13.8 Å². The molecule has 0 saturated carbocycles. The van der Waals surface area contributed by atoms with E-state index < -0.39 is 0 Å². The average molecular weight is 352 g/mol. The number of hydrogen-bond acceptors (Lipinski definition) is 4. The molecule has 2 aromatic heterocycles. The lowest BCUT2D eigenvalue weighted by atomic mass is 10.1. The van der Waals surface area contributed by atoms with E-state index in [1.165, 1.54) is 5.75 Å². The third kappa shape index (κ3) is 4.01. The van der Waals surface area contributed by atoms with Gasteiger partial charge in [-0.15, -0.1) is 11.3 Å². The Morgan fingerprint density at radius 1 is 1.52 bits per heavy atom. The Kier molecular flexibility index (Phi) is 5.48. The minimum Gasteiger partial charge on any atom is -0.357 e. The second-order valence-corrected chi connectivity index (χ2v) is 8.31. The Hall–Kier alpha value is -1.21. The maximum absolute atomic E-state index is 4.83.